The molecule has 6 rings (SSSR count). The van der Waals surface area contributed by atoms with Gasteiger partial charge in [0.2, 0.25) is 15.5 Å². The Morgan fingerprint density at radius 1 is 0.933 bits per heavy atom. The van der Waals surface area contributed by atoms with Gasteiger partial charge in [-0.25, -0.2) is 31.0 Å². The number of aromatic carboxylic acids is 1. The fraction of sp³-hybridized carbons (Fsp3) is 0.375. The lowest BCUT2D eigenvalue weighted by atomic mass is 9.86. The third-order valence-electron chi connectivity index (χ3n) is 8.90. The third kappa shape index (κ3) is 5.33. The van der Waals surface area contributed by atoms with Crippen LogP contribution in [0.1, 0.15) is 72.9 Å². The minimum atomic E-state index is -4.26. The van der Waals surface area contributed by atoms with E-state index in [1.54, 1.807) is 12.1 Å². The number of allylic oxidation sites excluding steroid dienone is 4. The zero-order valence-corrected chi connectivity index (χ0v) is 25.2. The molecule has 0 atom stereocenters. The molecule has 0 amide bonds. The van der Waals surface area contributed by atoms with E-state index >= 15 is 8.78 Å². The molecule has 3 heterocycles. The van der Waals surface area contributed by atoms with E-state index in [0.29, 0.717) is 37.6 Å². The molecule has 4 aliphatic rings. The first-order chi connectivity index (χ1) is 21.6. The van der Waals surface area contributed by atoms with Crippen molar-refractivity contribution in [1.29, 1.82) is 0 Å². The maximum absolute atomic E-state index is 16.2. The zero-order valence-electron chi connectivity index (χ0n) is 24.4. The summed E-state index contributed by atoms with van der Waals surface area (Å²) < 4.78 is 77.3. The van der Waals surface area contributed by atoms with Gasteiger partial charge >= 0.3 is 5.97 Å². The molecular formula is C32H31F3N5O4S+. The summed E-state index contributed by atoms with van der Waals surface area (Å²) in [5.41, 5.74) is 6.27. The van der Waals surface area contributed by atoms with Crippen LogP contribution in [0.2, 0.25) is 0 Å². The first-order valence-corrected chi connectivity index (χ1v) is 16.5. The van der Waals surface area contributed by atoms with Gasteiger partial charge in [0.05, 0.1) is 9.80 Å². The Kier molecular flexibility index (Phi) is 8.32. The lowest BCUT2D eigenvalue weighted by Gasteiger charge is -2.30. The normalized spacial score (nSPS) is 19.6. The molecule has 2 aromatic carbocycles. The van der Waals surface area contributed by atoms with Crippen LogP contribution in [0.3, 0.4) is 0 Å². The fourth-order valence-corrected chi connectivity index (χ4v) is 8.39. The van der Waals surface area contributed by atoms with Gasteiger partial charge in [0, 0.05) is 71.0 Å². The molecule has 0 spiro atoms. The number of halogens is 3. The molecule has 2 saturated heterocycles. The Hall–Kier alpha value is -4.35. The smallest absolute Gasteiger partial charge is 0.339 e. The number of fused-ring (bicyclic) bond motifs is 2. The van der Waals surface area contributed by atoms with Gasteiger partial charge < -0.3 is 10.0 Å². The lowest BCUT2D eigenvalue weighted by molar-refractivity contribution is -0.524. The average molecular weight is 639 g/mol. The molecule has 2 fully saturated rings. The van der Waals surface area contributed by atoms with Crippen LogP contribution in [0.25, 0.3) is 16.0 Å². The molecule has 13 heteroatoms. The van der Waals surface area contributed by atoms with Gasteiger partial charge in [0.15, 0.2) is 11.6 Å². The predicted octanol–water partition coefficient (Wildman–Crippen LogP) is 7.19. The fourth-order valence-electron chi connectivity index (χ4n) is 6.68. The van der Waals surface area contributed by atoms with E-state index in [9.17, 15) is 22.7 Å². The number of nitrogens with zero attached hydrogens (tertiary/aromatic N) is 5. The topological polar surface area (TPSA) is 126 Å². The second-order valence-corrected chi connectivity index (χ2v) is 13.5. The first kappa shape index (κ1) is 30.7. The molecule has 0 radical (unpaired) electrons. The van der Waals surface area contributed by atoms with Crippen molar-refractivity contribution >= 4 is 38.5 Å². The summed E-state index contributed by atoms with van der Waals surface area (Å²) in [7, 11) is -4.26. The minimum Gasteiger partial charge on any atom is -0.478 e. The van der Waals surface area contributed by atoms with Crippen LogP contribution in [0.4, 0.5) is 24.5 Å². The maximum atomic E-state index is 16.2. The van der Waals surface area contributed by atoms with Gasteiger partial charge in [-0.15, -0.1) is 0 Å². The highest BCUT2D eigenvalue weighted by Gasteiger charge is 2.41. The third-order valence-corrected chi connectivity index (χ3v) is 10.7. The van der Waals surface area contributed by atoms with Crippen LogP contribution in [-0.4, -0.2) is 56.0 Å². The van der Waals surface area contributed by atoms with E-state index in [4.69, 9.17) is 5.53 Å². The molecule has 3 aliphatic heterocycles. The number of carboxylic acid groups (broad SMARTS) is 1. The number of anilines is 1. The second kappa shape index (κ2) is 12.2. The van der Waals surface area contributed by atoms with Crippen LogP contribution >= 0.6 is 0 Å². The van der Waals surface area contributed by atoms with E-state index in [1.807, 2.05) is 0 Å². The summed E-state index contributed by atoms with van der Waals surface area (Å²) in [6.07, 6.45) is 12.5. The number of sulfone groups is 1. The highest BCUT2D eigenvalue weighted by molar-refractivity contribution is 7.95. The summed E-state index contributed by atoms with van der Waals surface area (Å²) in [4.78, 5) is 16.4. The van der Waals surface area contributed by atoms with Gasteiger partial charge in [-0.3, -0.25) is 0 Å². The van der Waals surface area contributed by atoms with Gasteiger partial charge in [-0.1, -0.05) is 24.0 Å². The highest BCUT2D eigenvalue weighted by Crippen LogP contribution is 2.49. The Bertz CT molecular complexity index is 1890. The average Bonchev–Trinajstić information content (AvgIpc) is 3.48. The molecule has 0 unspecified atom stereocenters. The maximum Gasteiger partial charge on any atom is 0.339 e. The van der Waals surface area contributed by atoms with Crippen molar-refractivity contribution in [3.63, 3.8) is 0 Å². The number of benzene rings is 2. The summed E-state index contributed by atoms with van der Waals surface area (Å²) in [5.74, 6) is -7.46. The van der Waals surface area contributed by atoms with Crippen molar-refractivity contribution in [1.82, 2.24) is 0 Å². The van der Waals surface area contributed by atoms with Crippen molar-refractivity contribution in [2.75, 3.05) is 31.1 Å². The van der Waals surface area contributed by atoms with Crippen LogP contribution < -0.4 is 4.90 Å². The number of carboxylic acids is 1. The number of hydrogen-bond donors (Lipinski definition) is 1. The van der Waals surface area contributed by atoms with Crippen LogP contribution in [0, 0.1) is 17.5 Å². The van der Waals surface area contributed by atoms with E-state index < -0.39 is 50.1 Å². The van der Waals surface area contributed by atoms with Crippen molar-refractivity contribution in [2.45, 2.75) is 56.3 Å². The van der Waals surface area contributed by atoms with Crippen molar-refractivity contribution in [3.8, 4) is 0 Å². The number of hydrogen-bond acceptors (Lipinski definition) is 5. The van der Waals surface area contributed by atoms with Crippen molar-refractivity contribution in [3.05, 3.63) is 91.5 Å². The minimum absolute atomic E-state index is 0.0668. The SMILES string of the molecule is [N-]=[N+]=Nc1c(F)c(F)c(C(=O)O)c(C2=C3C=CC(=[N+]4CCCCCC4)C=C3S(=O)(=O)c3cc(N4CCCCCC4)ccc32)c1F. The first-order valence-electron chi connectivity index (χ1n) is 15.0. The molecule has 0 bridgehead atoms. The summed E-state index contributed by atoms with van der Waals surface area (Å²) >= 11 is 0. The quantitative estimate of drug-likeness (QED) is 0.125. The van der Waals surface area contributed by atoms with E-state index in [-0.39, 0.29) is 26.5 Å². The largest absolute Gasteiger partial charge is 0.478 e. The number of rotatable bonds is 4. The summed E-state index contributed by atoms with van der Waals surface area (Å²) in [6.45, 7) is 2.84. The number of carbonyl (C=O) groups is 1. The molecule has 45 heavy (non-hydrogen) atoms. The van der Waals surface area contributed by atoms with Gasteiger partial charge in [0.25, 0.3) is 0 Å². The van der Waals surface area contributed by atoms with Crippen LogP contribution in [0.15, 0.2) is 56.9 Å². The monoisotopic (exact) mass is 638 g/mol. The van der Waals surface area contributed by atoms with Gasteiger partial charge in [-0.2, -0.15) is 0 Å². The van der Waals surface area contributed by atoms with Gasteiger partial charge in [-0.05, 0) is 49.4 Å². The molecule has 2 aromatic rings. The van der Waals surface area contributed by atoms with Crippen molar-refractivity contribution < 1.29 is 36.1 Å². The molecule has 1 N–H and O–H groups in total. The molecule has 1 aliphatic carbocycles. The molecule has 234 valence electrons. The Morgan fingerprint density at radius 2 is 1.60 bits per heavy atom. The zero-order chi connectivity index (χ0) is 31.9. The number of azide groups is 1. The van der Waals surface area contributed by atoms with E-state index in [1.165, 1.54) is 24.3 Å². The molecule has 0 aromatic heterocycles. The lowest BCUT2D eigenvalue weighted by Crippen LogP contribution is -2.27. The Balaban J connectivity index is 1.69. The summed E-state index contributed by atoms with van der Waals surface area (Å²) in [6, 6.07) is 4.61. The Morgan fingerprint density at radius 3 is 2.24 bits per heavy atom. The van der Waals surface area contributed by atoms with E-state index in [0.717, 1.165) is 51.4 Å². The second-order valence-electron chi connectivity index (χ2n) is 11.6. The van der Waals surface area contributed by atoms with Crippen LogP contribution in [0.5, 0.6) is 0 Å². The highest BCUT2D eigenvalue weighted by atomic mass is 32.2. The molecule has 0 saturated carbocycles. The molecule has 9 nitrogen and oxygen atoms in total. The van der Waals surface area contributed by atoms with Crippen LogP contribution in [-0.2, 0) is 9.84 Å². The molecular weight excluding hydrogens is 607 g/mol. The predicted molar refractivity (Wildman–Crippen MR) is 163 cm³/mol. The van der Waals surface area contributed by atoms with E-state index in [2.05, 4.69) is 19.5 Å². The Labute approximate surface area is 258 Å². The van der Waals surface area contributed by atoms with Crippen molar-refractivity contribution in [2.24, 2.45) is 5.11 Å². The standard InChI is InChI=1S/C32H30F3N5O4S/c33-28-27(32(41)42)26(29(34)31(30(28)35)37-38-36)25-21-11-9-19(39-13-5-1-2-6-14-39)17-23(21)45(43,44)24-18-20(10-12-22(24)25)40-15-7-3-4-8-16-40/h9-12,17-18H,1-8,13-16H2/p+1. The summed E-state index contributed by atoms with van der Waals surface area (Å²) in [5, 5.41) is 13.0. The van der Waals surface area contributed by atoms with Gasteiger partial charge in [0.1, 0.15) is 30.2 Å².